The quantitative estimate of drug-likeness (QED) is 0.597. The standard InChI is InChI=1S/C10H13BrN2O5/c1-4-2-13(10(17)12-8(4)16)9-6(11)7(15)5(3-14)18-9/h2,5-7,9,14-15H,3H2,1H3,(H,12,16,17)/t5-,6+,7-,9-/m1/s1. The van der Waals surface area contributed by atoms with Gasteiger partial charge in [-0.05, 0) is 6.92 Å². The fourth-order valence-electron chi connectivity index (χ4n) is 1.85. The lowest BCUT2D eigenvalue weighted by Gasteiger charge is -2.17. The first kappa shape index (κ1) is 13.5. The minimum Gasteiger partial charge on any atom is -0.394 e. The molecule has 1 aliphatic rings. The number of aryl methyl sites for hydroxylation is 1. The number of aromatic amines is 1. The Morgan fingerprint density at radius 3 is 2.78 bits per heavy atom. The Labute approximate surface area is 110 Å². The second-order valence-corrected chi connectivity index (χ2v) is 5.22. The predicted molar refractivity (Wildman–Crippen MR) is 65.8 cm³/mol. The second-order valence-electron chi connectivity index (χ2n) is 4.16. The molecule has 1 aromatic heterocycles. The molecule has 3 N–H and O–H groups in total. The van der Waals surface area contributed by atoms with Crippen LogP contribution in [0.4, 0.5) is 0 Å². The number of hydrogen-bond acceptors (Lipinski definition) is 5. The molecule has 0 radical (unpaired) electrons. The summed E-state index contributed by atoms with van der Waals surface area (Å²) in [6, 6.07) is 0. The monoisotopic (exact) mass is 320 g/mol. The lowest BCUT2D eigenvalue weighted by atomic mass is 10.2. The van der Waals surface area contributed by atoms with Crippen molar-refractivity contribution >= 4 is 15.9 Å². The van der Waals surface area contributed by atoms with E-state index >= 15 is 0 Å². The fourth-order valence-corrected chi connectivity index (χ4v) is 2.57. The lowest BCUT2D eigenvalue weighted by molar-refractivity contribution is -0.0457. The number of aliphatic hydroxyl groups is 2. The molecular formula is C10H13BrN2O5. The van der Waals surface area contributed by atoms with E-state index in [0.29, 0.717) is 5.56 Å². The third-order valence-corrected chi connectivity index (χ3v) is 3.89. The van der Waals surface area contributed by atoms with Crippen molar-refractivity contribution in [2.75, 3.05) is 6.61 Å². The maximum atomic E-state index is 11.7. The smallest absolute Gasteiger partial charge is 0.330 e. The van der Waals surface area contributed by atoms with Gasteiger partial charge in [-0.3, -0.25) is 14.3 Å². The van der Waals surface area contributed by atoms with E-state index in [0.717, 1.165) is 0 Å². The SMILES string of the molecule is Cc1cn([C@@H]2O[C@H](CO)[C@@H](O)[C@@H]2Br)c(=O)[nH]c1=O. The Kier molecular flexibility index (Phi) is 3.71. The van der Waals surface area contributed by atoms with Crippen LogP contribution in [0.3, 0.4) is 0 Å². The van der Waals surface area contributed by atoms with Crippen molar-refractivity contribution in [2.45, 2.75) is 30.2 Å². The molecule has 0 unspecified atom stereocenters. The number of aromatic nitrogens is 2. The molecule has 0 saturated carbocycles. The summed E-state index contributed by atoms with van der Waals surface area (Å²) in [6.07, 6.45) is -1.11. The highest BCUT2D eigenvalue weighted by atomic mass is 79.9. The number of rotatable bonds is 2. The van der Waals surface area contributed by atoms with Gasteiger partial charge in [0.25, 0.3) is 5.56 Å². The van der Waals surface area contributed by atoms with Gasteiger partial charge in [0.1, 0.15) is 6.10 Å². The normalized spacial score (nSPS) is 31.8. The Bertz CT molecular complexity index is 554. The molecular weight excluding hydrogens is 308 g/mol. The molecule has 1 aliphatic heterocycles. The van der Waals surface area contributed by atoms with Crippen LogP contribution in [-0.4, -0.2) is 43.4 Å². The second kappa shape index (κ2) is 4.96. The molecule has 2 heterocycles. The maximum absolute atomic E-state index is 11.7. The van der Waals surface area contributed by atoms with Crippen LogP contribution in [0.5, 0.6) is 0 Å². The zero-order chi connectivity index (χ0) is 13.4. The molecule has 0 aliphatic carbocycles. The van der Waals surface area contributed by atoms with E-state index in [-0.39, 0.29) is 6.61 Å². The van der Waals surface area contributed by atoms with Crippen LogP contribution in [0.25, 0.3) is 0 Å². The summed E-state index contributed by atoms with van der Waals surface area (Å²) in [5.74, 6) is 0. The minimum absolute atomic E-state index is 0.350. The molecule has 7 nitrogen and oxygen atoms in total. The Hall–Kier alpha value is -0.960. The van der Waals surface area contributed by atoms with Gasteiger partial charge in [-0.1, -0.05) is 15.9 Å². The zero-order valence-corrected chi connectivity index (χ0v) is 11.1. The topological polar surface area (TPSA) is 105 Å². The highest BCUT2D eigenvalue weighted by molar-refractivity contribution is 9.09. The predicted octanol–water partition coefficient (Wildman–Crippen LogP) is -1.14. The summed E-state index contributed by atoms with van der Waals surface area (Å²) in [6.45, 7) is 1.21. The van der Waals surface area contributed by atoms with Crippen LogP contribution in [0.1, 0.15) is 11.8 Å². The van der Waals surface area contributed by atoms with Gasteiger partial charge in [-0.25, -0.2) is 4.79 Å². The van der Waals surface area contributed by atoms with E-state index in [4.69, 9.17) is 9.84 Å². The van der Waals surface area contributed by atoms with Gasteiger partial charge in [0.2, 0.25) is 0 Å². The van der Waals surface area contributed by atoms with Crippen LogP contribution in [0.15, 0.2) is 15.8 Å². The van der Waals surface area contributed by atoms with E-state index in [2.05, 4.69) is 20.9 Å². The van der Waals surface area contributed by atoms with Crippen molar-refractivity contribution in [3.05, 3.63) is 32.6 Å². The molecule has 1 aromatic rings. The molecule has 4 atom stereocenters. The van der Waals surface area contributed by atoms with Crippen molar-refractivity contribution < 1.29 is 14.9 Å². The minimum atomic E-state index is -0.931. The Morgan fingerprint density at radius 1 is 1.56 bits per heavy atom. The van der Waals surface area contributed by atoms with E-state index in [1.54, 1.807) is 6.92 Å². The Balaban J connectivity index is 2.42. The van der Waals surface area contributed by atoms with Crippen LogP contribution in [0, 0.1) is 6.92 Å². The first-order chi connectivity index (χ1) is 8.45. The molecule has 18 heavy (non-hydrogen) atoms. The molecule has 0 amide bonds. The summed E-state index contributed by atoms with van der Waals surface area (Å²) in [4.78, 5) is 24.6. The summed E-state index contributed by atoms with van der Waals surface area (Å²) in [5.41, 5.74) is -0.717. The van der Waals surface area contributed by atoms with Gasteiger partial charge in [0.15, 0.2) is 6.23 Å². The van der Waals surface area contributed by atoms with Crippen LogP contribution in [0.2, 0.25) is 0 Å². The highest BCUT2D eigenvalue weighted by Gasteiger charge is 2.43. The number of alkyl halides is 1. The van der Waals surface area contributed by atoms with Crippen LogP contribution >= 0.6 is 15.9 Å². The van der Waals surface area contributed by atoms with Crippen LogP contribution in [-0.2, 0) is 4.74 Å². The van der Waals surface area contributed by atoms with Gasteiger partial charge >= 0.3 is 5.69 Å². The molecule has 8 heteroatoms. The fraction of sp³-hybridized carbons (Fsp3) is 0.600. The van der Waals surface area contributed by atoms with E-state index in [9.17, 15) is 14.7 Å². The number of H-pyrrole nitrogens is 1. The summed E-state index contributed by atoms with van der Waals surface area (Å²) < 4.78 is 6.58. The zero-order valence-electron chi connectivity index (χ0n) is 9.54. The maximum Gasteiger partial charge on any atom is 0.330 e. The molecule has 100 valence electrons. The van der Waals surface area contributed by atoms with Gasteiger partial charge < -0.3 is 14.9 Å². The van der Waals surface area contributed by atoms with Gasteiger partial charge in [0, 0.05) is 11.8 Å². The molecule has 0 bridgehead atoms. The van der Waals surface area contributed by atoms with E-state index in [1.807, 2.05) is 0 Å². The molecule has 0 spiro atoms. The molecule has 1 fully saturated rings. The van der Waals surface area contributed by atoms with Crippen molar-refractivity contribution in [1.82, 2.24) is 9.55 Å². The summed E-state index contributed by atoms with van der Waals surface area (Å²) in [5, 5.41) is 18.8. The van der Waals surface area contributed by atoms with Crippen molar-refractivity contribution in [2.24, 2.45) is 0 Å². The highest BCUT2D eigenvalue weighted by Crippen LogP contribution is 2.33. The third kappa shape index (κ3) is 2.16. The third-order valence-electron chi connectivity index (χ3n) is 2.89. The Morgan fingerprint density at radius 2 is 2.22 bits per heavy atom. The molecule has 0 aromatic carbocycles. The largest absolute Gasteiger partial charge is 0.394 e. The first-order valence-electron chi connectivity index (χ1n) is 5.36. The number of hydrogen-bond donors (Lipinski definition) is 3. The van der Waals surface area contributed by atoms with Gasteiger partial charge in [0.05, 0.1) is 17.5 Å². The van der Waals surface area contributed by atoms with Crippen LogP contribution < -0.4 is 11.2 Å². The number of nitrogens with one attached hydrogen (secondary N) is 1. The number of nitrogens with zero attached hydrogens (tertiary/aromatic N) is 1. The average molecular weight is 321 g/mol. The molecule has 1 saturated heterocycles. The number of halogens is 1. The molecule has 2 rings (SSSR count). The lowest BCUT2D eigenvalue weighted by Crippen LogP contribution is -2.36. The summed E-state index contributed by atoms with van der Waals surface area (Å²) in [7, 11) is 0. The average Bonchev–Trinajstić information content (AvgIpc) is 2.61. The van der Waals surface area contributed by atoms with Crippen molar-refractivity contribution in [1.29, 1.82) is 0 Å². The number of aliphatic hydroxyl groups excluding tert-OH is 2. The number of ether oxygens (including phenoxy) is 1. The van der Waals surface area contributed by atoms with Gasteiger partial charge in [-0.15, -0.1) is 0 Å². The van der Waals surface area contributed by atoms with Gasteiger partial charge in [-0.2, -0.15) is 0 Å². The summed E-state index contributed by atoms with van der Waals surface area (Å²) >= 11 is 3.23. The first-order valence-corrected chi connectivity index (χ1v) is 6.27. The van der Waals surface area contributed by atoms with Crippen molar-refractivity contribution in [3.63, 3.8) is 0 Å². The van der Waals surface area contributed by atoms with E-state index in [1.165, 1.54) is 10.8 Å². The van der Waals surface area contributed by atoms with E-state index < -0.39 is 34.5 Å². The van der Waals surface area contributed by atoms with Crippen molar-refractivity contribution in [3.8, 4) is 0 Å².